The number of carbonyl (C=O) groups is 2. The standard InChI is InChI=1S/C21H19F2N3O2/c1-14(27)26-13-17(16-12-15(22)6-7-19(16)26)21(28)25-10-8-24(9-11-25)20-5-3-2-4-18(20)23/h2-7,12-13H,8-11H2,1H3. The van der Waals surface area contributed by atoms with Crippen LogP contribution < -0.4 is 4.90 Å². The van der Waals surface area contributed by atoms with Gasteiger partial charge in [-0.05, 0) is 30.3 Å². The number of amides is 1. The Morgan fingerprint density at radius 1 is 0.964 bits per heavy atom. The van der Waals surface area contributed by atoms with E-state index in [1.165, 1.54) is 42.0 Å². The molecular weight excluding hydrogens is 364 g/mol. The van der Waals surface area contributed by atoms with Gasteiger partial charge in [0.1, 0.15) is 11.6 Å². The SMILES string of the molecule is CC(=O)n1cc(C(=O)N2CCN(c3ccccc3F)CC2)c2cc(F)ccc21. The zero-order chi connectivity index (χ0) is 19.8. The van der Waals surface area contributed by atoms with Crippen LogP contribution in [0.1, 0.15) is 22.1 Å². The fraction of sp³-hybridized carbons (Fsp3) is 0.238. The molecule has 7 heteroatoms. The monoisotopic (exact) mass is 383 g/mol. The molecule has 0 radical (unpaired) electrons. The van der Waals surface area contributed by atoms with Gasteiger partial charge >= 0.3 is 0 Å². The Labute approximate surface area is 160 Å². The summed E-state index contributed by atoms with van der Waals surface area (Å²) in [7, 11) is 0. The van der Waals surface area contributed by atoms with E-state index in [4.69, 9.17) is 0 Å². The molecule has 1 amide bonds. The van der Waals surface area contributed by atoms with E-state index in [0.717, 1.165) is 0 Å². The summed E-state index contributed by atoms with van der Waals surface area (Å²) in [5, 5.41) is 0.414. The number of piperazine rings is 1. The maximum Gasteiger partial charge on any atom is 0.256 e. The average Bonchev–Trinajstić information content (AvgIpc) is 3.07. The van der Waals surface area contributed by atoms with E-state index in [0.29, 0.717) is 48.3 Å². The highest BCUT2D eigenvalue weighted by atomic mass is 19.1. The number of hydrogen-bond acceptors (Lipinski definition) is 3. The first-order chi connectivity index (χ1) is 13.5. The summed E-state index contributed by atoms with van der Waals surface area (Å²) in [5.74, 6) is -1.27. The lowest BCUT2D eigenvalue weighted by molar-refractivity contribution is 0.0748. The number of benzene rings is 2. The van der Waals surface area contributed by atoms with E-state index < -0.39 is 5.82 Å². The molecule has 5 nitrogen and oxygen atoms in total. The van der Waals surface area contributed by atoms with E-state index in [9.17, 15) is 18.4 Å². The summed E-state index contributed by atoms with van der Waals surface area (Å²) < 4.78 is 29.1. The number of aromatic nitrogens is 1. The Bertz CT molecular complexity index is 1070. The first-order valence-corrected chi connectivity index (χ1v) is 9.06. The minimum absolute atomic E-state index is 0.250. The van der Waals surface area contributed by atoms with Crippen molar-refractivity contribution in [3.63, 3.8) is 0 Å². The van der Waals surface area contributed by atoms with Crippen LogP contribution in [0.4, 0.5) is 14.5 Å². The summed E-state index contributed by atoms with van der Waals surface area (Å²) in [4.78, 5) is 28.5. The van der Waals surface area contributed by atoms with Gasteiger partial charge in [-0.3, -0.25) is 14.2 Å². The molecule has 28 heavy (non-hydrogen) atoms. The molecule has 0 spiro atoms. The van der Waals surface area contributed by atoms with Crippen LogP contribution in [-0.2, 0) is 0 Å². The number of halogens is 2. The van der Waals surface area contributed by atoms with Crippen LogP contribution in [0.25, 0.3) is 10.9 Å². The van der Waals surface area contributed by atoms with Crippen LogP contribution in [0.2, 0.25) is 0 Å². The van der Waals surface area contributed by atoms with Gasteiger partial charge in [-0.25, -0.2) is 8.78 Å². The van der Waals surface area contributed by atoms with Crippen LogP contribution in [0.3, 0.4) is 0 Å². The lowest BCUT2D eigenvalue weighted by atomic mass is 10.1. The van der Waals surface area contributed by atoms with E-state index in [2.05, 4.69) is 0 Å². The number of nitrogens with zero attached hydrogens (tertiary/aromatic N) is 3. The molecule has 2 aromatic carbocycles. The molecule has 1 aliphatic heterocycles. The van der Waals surface area contributed by atoms with Crippen molar-refractivity contribution in [3.05, 3.63) is 65.9 Å². The quantitative estimate of drug-likeness (QED) is 0.680. The van der Waals surface area contributed by atoms with E-state index in [1.54, 1.807) is 23.1 Å². The number of para-hydroxylation sites is 1. The van der Waals surface area contributed by atoms with Crippen molar-refractivity contribution in [2.45, 2.75) is 6.92 Å². The van der Waals surface area contributed by atoms with Crippen LogP contribution in [0.15, 0.2) is 48.7 Å². The van der Waals surface area contributed by atoms with Crippen molar-refractivity contribution in [1.82, 2.24) is 9.47 Å². The minimum atomic E-state index is -0.466. The molecule has 144 valence electrons. The predicted molar refractivity (Wildman–Crippen MR) is 103 cm³/mol. The topological polar surface area (TPSA) is 45.6 Å². The summed E-state index contributed by atoms with van der Waals surface area (Å²) >= 11 is 0. The van der Waals surface area contributed by atoms with E-state index in [1.807, 2.05) is 4.90 Å². The molecule has 1 aliphatic rings. The zero-order valence-electron chi connectivity index (χ0n) is 15.4. The van der Waals surface area contributed by atoms with Crippen LogP contribution in [-0.4, -0.2) is 47.5 Å². The highest BCUT2D eigenvalue weighted by Gasteiger charge is 2.26. The molecule has 1 fully saturated rings. The molecule has 1 aromatic heterocycles. The van der Waals surface area contributed by atoms with Gasteiger partial charge in [0.05, 0.1) is 16.8 Å². The van der Waals surface area contributed by atoms with E-state index >= 15 is 0 Å². The zero-order valence-corrected chi connectivity index (χ0v) is 15.4. The first-order valence-electron chi connectivity index (χ1n) is 9.06. The van der Waals surface area contributed by atoms with Gasteiger partial charge in [0.15, 0.2) is 0 Å². The summed E-state index contributed by atoms with van der Waals surface area (Å²) in [5.41, 5.74) is 1.32. The van der Waals surface area contributed by atoms with Gasteiger partial charge in [-0.15, -0.1) is 0 Å². The van der Waals surface area contributed by atoms with Crippen molar-refractivity contribution in [2.24, 2.45) is 0 Å². The highest BCUT2D eigenvalue weighted by Crippen LogP contribution is 2.25. The second kappa shape index (κ2) is 7.07. The fourth-order valence-corrected chi connectivity index (χ4v) is 3.66. The van der Waals surface area contributed by atoms with Crippen molar-refractivity contribution in [3.8, 4) is 0 Å². The van der Waals surface area contributed by atoms with Gasteiger partial charge < -0.3 is 9.80 Å². The van der Waals surface area contributed by atoms with Crippen LogP contribution >= 0.6 is 0 Å². The van der Waals surface area contributed by atoms with Crippen molar-refractivity contribution in [1.29, 1.82) is 0 Å². The lowest BCUT2D eigenvalue weighted by Crippen LogP contribution is -2.49. The third-order valence-corrected chi connectivity index (χ3v) is 5.10. The summed E-state index contributed by atoms with van der Waals surface area (Å²) in [6.07, 6.45) is 1.47. The molecule has 0 atom stereocenters. The lowest BCUT2D eigenvalue weighted by Gasteiger charge is -2.36. The average molecular weight is 383 g/mol. The van der Waals surface area contributed by atoms with Gasteiger partial charge in [-0.2, -0.15) is 0 Å². The van der Waals surface area contributed by atoms with Gasteiger partial charge in [-0.1, -0.05) is 12.1 Å². The van der Waals surface area contributed by atoms with Crippen molar-refractivity contribution in [2.75, 3.05) is 31.1 Å². The molecule has 0 aliphatic carbocycles. The van der Waals surface area contributed by atoms with Gasteiger partial charge in [0, 0.05) is 44.7 Å². The van der Waals surface area contributed by atoms with Crippen molar-refractivity contribution < 1.29 is 18.4 Å². The molecule has 2 heterocycles. The van der Waals surface area contributed by atoms with Crippen LogP contribution in [0, 0.1) is 11.6 Å². The largest absolute Gasteiger partial charge is 0.366 e. The predicted octanol–water partition coefficient (Wildman–Crippen LogP) is 3.54. The normalized spacial score (nSPS) is 14.5. The minimum Gasteiger partial charge on any atom is -0.366 e. The maximum atomic E-state index is 14.0. The highest BCUT2D eigenvalue weighted by molar-refractivity contribution is 6.09. The fourth-order valence-electron chi connectivity index (χ4n) is 3.66. The van der Waals surface area contributed by atoms with Gasteiger partial charge in [0.2, 0.25) is 5.91 Å². The third-order valence-electron chi connectivity index (χ3n) is 5.10. The van der Waals surface area contributed by atoms with Gasteiger partial charge in [0.25, 0.3) is 5.91 Å². The molecule has 0 unspecified atom stereocenters. The third kappa shape index (κ3) is 3.13. The Kier molecular flexibility index (Phi) is 4.58. The number of hydrogen-bond donors (Lipinski definition) is 0. The smallest absolute Gasteiger partial charge is 0.256 e. The molecule has 0 saturated carbocycles. The second-order valence-electron chi connectivity index (χ2n) is 6.82. The number of rotatable bonds is 2. The van der Waals surface area contributed by atoms with Crippen LogP contribution in [0.5, 0.6) is 0 Å². The molecule has 3 aromatic rings. The Morgan fingerprint density at radius 2 is 1.68 bits per heavy atom. The molecule has 0 N–H and O–H groups in total. The Hall–Kier alpha value is -3.22. The summed E-state index contributed by atoms with van der Waals surface area (Å²) in [6.45, 7) is 3.20. The molecule has 1 saturated heterocycles. The Morgan fingerprint density at radius 3 is 2.36 bits per heavy atom. The van der Waals surface area contributed by atoms with Crippen molar-refractivity contribution >= 4 is 28.4 Å². The molecule has 4 rings (SSSR count). The molecular formula is C21H19F2N3O2. The number of carbonyl (C=O) groups excluding carboxylic acids is 2. The number of anilines is 1. The molecule has 0 bridgehead atoms. The van der Waals surface area contributed by atoms with E-state index in [-0.39, 0.29) is 17.6 Å². The maximum absolute atomic E-state index is 14.0. The second-order valence-corrected chi connectivity index (χ2v) is 6.82. The summed E-state index contributed by atoms with van der Waals surface area (Å²) in [6, 6.07) is 10.6. The number of fused-ring (bicyclic) bond motifs is 1. The Balaban J connectivity index is 1.59. The first kappa shape index (κ1) is 18.2.